The number of hydrogen-bond donors (Lipinski definition) is 2. The normalized spacial score (nSPS) is 15.6. The molecule has 0 spiro atoms. The predicted molar refractivity (Wildman–Crippen MR) is 88.7 cm³/mol. The van der Waals surface area contributed by atoms with Crippen molar-refractivity contribution in [2.45, 2.75) is 0 Å². The number of benzene rings is 1. The second-order valence-corrected chi connectivity index (χ2v) is 5.52. The number of nitrogens with zero attached hydrogens (tertiary/aromatic N) is 2. The molecule has 0 atom stereocenters. The maximum absolute atomic E-state index is 13.5. The van der Waals surface area contributed by atoms with Gasteiger partial charge in [-0.25, -0.2) is 14.1 Å². The SMILES string of the molecule is Cn1ccc(/C=C2/NC(=O)N(CC(=O)Nc3ccccc3F)C2=O)c1. The van der Waals surface area contributed by atoms with E-state index in [4.69, 9.17) is 0 Å². The number of aromatic nitrogens is 1. The van der Waals surface area contributed by atoms with Gasteiger partial charge in [-0.2, -0.15) is 0 Å². The average molecular weight is 342 g/mol. The number of carbonyl (C=O) groups excluding carboxylic acids is 3. The summed E-state index contributed by atoms with van der Waals surface area (Å²) in [4.78, 5) is 37.0. The van der Waals surface area contributed by atoms with Crippen molar-refractivity contribution in [3.05, 3.63) is 59.8 Å². The molecular weight excluding hydrogens is 327 g/mol. The van der Waals surface area contributed by atoms with Gasteiger partial charge in [0, 0.05) is 19.4 Å². The zero-order valence-electron chi connectivity index (χ0n) is 13.3. The van der Waals surface area contributed by atoms with Crippen molar-refractivity contribution in [2.75, 3.05) is 11.9 Å². The number of rotatable bonds is 4. The summed E-state index contributed by atoms with van der Waals surface area (Å²) < 4.78 is 15.3. The van der Waals surface area contributed by atoms with E-state index in [0.717, 1.165) is 10.5 Å². The summed E-state index contributed by atoms with van der Waals surface area (Å²) in [6.45, 7) is -0.509. The Morgan fingerprint density at radius 3 is 2.72 bits per heavy atom. The summed E-state index contributed by atoms with van der Waals surface area (Å²) in [5.41, 5.74) is 0.804. The van der Waals surface area contributed by atoms with Crippen LogP contribution in [0.1, 0.15) is 5.56 Å². The summed E-state index contributed by atoms with van der Waals surface area (Å²) >= 11 is 0. The third-order valence-electron chi connectivity index (χ3n) is 3.58. The highest BCUT2D eigenvalue weighted by atomic mass is 19.1. The molecule has 0 aliphatic carbocycles. The molecule has 2 aromatic rings. The first-order valence-electron chi connectivity index (χ1n) is 7.45. The fourth-order valence-corrected chi connectivity index (χ4v) is 2.39. The van der Waals surface area contributed by atoms with Crippen LogP contribution in [0.2, 0.25) is 0 Å². The van der Waals surface area contributed by atoms with Crippen molar-refractivity contribution in [1.82, 2.24) is 14.8 Å². The highest BCUT2D eigenvalue weighted by molar-refractivity contribution is 6.15. The van der Waals surface area contributed by atoms with Crippen LogP contribution in [0.25, 0.3) is 6.08 Å². The lowest BCUT2D eigenvalue weighted by Crippen LogP contribution is -2.38. The molecule has 0 radical (unpaired) electrons. The van der Waals surface area contributed by atoms with Crippen molar-refractivity contribution in [3.8, 4) is 0 Å². The molecule has 3 rings (SSSR count). The monoisotopic (exact) mass is 342 g/mol. The predicted octanol–water partition coefficient (Wildman–Crippen LogP) is 1.70. The molecule has 0 bridgehead atoms. The summed E-state index contributed by atoms with van der Waals surface area (Å²) in [5.74, 6) is -1.88. The van der Waals surface area contributed by atoms with Crippen LogP contribution in [0, 0.1) is 5.82 Å². The van der Waals surface area contributed by atoms with E-state index in [1.54, 1.807) is 29.1 Å². The van der Waals surface area contributed by atoms with Gasteiger partial charge >= 0.3 is 6.03 Å². The molecule has 1 aromatic carbocycles. The minimum absolute atomic E-state index is 0.0143. The Bertz CT molecular complexity index is 888. The van der Waals surface area contributed by atoms with Crippen molar-refractivity contribution >= 4 is 29.6 Å². The molecular formula is C17H15FN4O3. The van der Waals surface area contributed by atoms with E-state index in [-0.39, 0.29) is 11.4 Å². The van der Waals surface area contributed by atoms with Gasteiger partial charge < -0.3 is 15.2 Å². The summed E-state index contributed by atoms with van der Waals surface area (Å²) in [6.07, 6.45) is 5.10. The van der Waals surface area contributed by atoms with Crippen LogP contribution in [0.4, 0.5) is 14.9 Å². The van der Waals surface area contributed by atoms with E-state index in [2.05, 4.69) is 10.6 Å². The fraction of sp³-hybridized carbons (Fsp3) is 0.118. The molecule has 25 heavy (non-hydrogen) atoms. The highest BCUT2D eigenvalue weighted by Gasteiger charge is 2.35. The molecule has 0 saturated carbocycles. The average Bonchev–Trinajstić information content (AvgIpc) is 3.08. The number of carbonyl (C=O) groups is 3. The van der Waals surface area contributed by atoms with Gasteiger partial charge in [0.25, 0.3) is 5.91 Å². The Labute approximate surface area is 142 Å². The Kier molecular flexibility index (Phi) is 4.34. The summed E-state index contributed by atoms with van der Waals surface area (Å²) in [6, 6.07) is 6.72. The Balaban J connectivity index is 1.69. The van der Waals surface area contributed by atoms with Crippen LogP contribution in [0.15, 0.2) is 48.4 Å². The van der Waals surface area contributed by atoms with E-state index < -0.39 is 30.2 Å². The Hall–Kier alpha value is -3.42. The van der Waals surface area contributed by atoms with Crippen LogP contribution < -0.4 is 10.6 Å². The van der Waals surface area contributed by atoms with Crippen molar-refractivity contribution in [1.29, 1.82) is 0 Å². The number of amides is 4. The third-order valence-corrected chi connectivity index (χ3v) is 3.58. The molecule has 1 fully saturated rings. The van der Waals surface area contributed by atoms with Crippen LogP contribution in [-0.2, 0) is 16.6 Å². The second-order valence-electron chi connectivity index (χ2n) is 5.52. The minimum Gasteiger partial charge on any atom is -0.357 e. The van der Waals surface area contributed by atoms with Crippen LogP contribution in [0.5, 0.6) is 0 Å². The Morgan fingerprint density at radius 1 is 1.28 bits per heavy atom. The van der Waals surface area contributed by atoms with E-state index in [1.807, 2.05) is 7.05 Å². The van der Waals surface area contributed by atoms with E-state index in [0.29, 0.717) is 0 Å². The minimum atomic E-state index is -0.698. The molecule has 0 unspecified atom stereocenters. The molecule has 1 aliphatic heterocycles. The molecule has 1 aliphatic rings. The fourth-order valence-electron chi connectivity index (χ4n) is 2.39. The van der Waals surface area contributed by atoms with Gasteiger partial charge in [-0.1, -0.05) is 12.1 Å². The number of urea groups is 1. The van der Waals surface area contributed by atoms with E-state index in [9.17, 15) is 18.8 Å². The Morgan fingerprint density at radius 2 is 2.04 bits per heavy atom. The first-order valence-corrected chi connectivity index (χ1v) is 7.45. The maximum atomic E-state index is 13.5. The smallest absolute Gasteiger partial charge is 0.329 e. The van der Waals surface area contributed by atoms with E-state index in [1.165, 1.54) is 24.3 Å². The van der Waals surface area contributed by atoms with Gasteiger partial charge in [0.15, 0.2) is 0 Å². The third kappa shape index (κ3) is 3.57. The lowest BCUT2D eigenvalue weighted by atomic mass is 10.2. The molecule has 128 valence electrons. The van der Waals surface area contributed by atoms with Gasteiger partial charge in [-0.05, 0) is 29.8 Å². The number of para-hydroxylation sites is 1. The number of halogens is 1. The van der Waals surface area contributed by atoms with Gasteiger partial charge in [-0.3, -0.25) is 9.59 Å². The number of nitrogens with one attached hydrogen (secondary N) is 2. The van der Waals surface area contributed by atoms with Crippen molar-refractivity contribution in [2.24, 2.45) is 7.05 Å². The summed E-state index contributed by atoms with van der Waals surface area (Å²) in [5, 5.41) is 4.76. The molecule has 2 N–H and O–H groups in total. The number of anilines is 1. The largest absolute Gasteiger partial charge is 0.357 e. The second kappa shape index (κ2) is 6.60. The first kappa shape index (κ1) is 16.4. The van der Waals surface area contributed by atoms with Gasteiger partial charge in [0.2, 0.25) is 5.91 Å². The van der Waals surface area contributed by atoms with Gasteiger partial charge in [-0.15, -0.1) is 0 Å². The number of imide groups is 1. The highest BCUT2D eigenvalue weighted by Crippen LogP contribution is 2.15. The number of aryl methyl sites for hydroxylation is 1. The molecule has 1 saturated heterocycles. The lowest BCUT2D eigenvalue weighted by molar-refractivity contribution is -0.127. The lowest BCUT2D eigenvalue weighted by Gasteiger charge is -2.12. The molecule has 1 aromatic heterocycles. The van der Waals surface area contributed by atoms with Crippen molar-refractivity contribution in [3.63, 3.8) is 0 Å². The summed E-state index contributed by atoms with van der Waals surface area (Å²) in [7, 11) is 1.83. The first-order chi connectivity index (χ1) is 11.9. The van der Waals surface area contributed by atoms with Crippen LogP contribution in [0.3, 0.4) is 0 Å². The maximum Gasteiger partial charge on any atom is 0.329 e. The number of hydrogen-bond acceptors (Lipinski definition) is 3. The molecule has 7 nitrogen and oxygen atoms in total. The van der Waals surface area contributed by atoms with Crippen molar-refractivity contribution < 1.29 is 18.8 Å². The van der Waals surface area contributed by atoms with Gasteiger partial charge in [0.1, 0.15) is 18.1 Å². The molecule has 4 amide bonds. The van der Waals surface area contributed by atoms with E-state index >= 15 is 0 Å². The quantitative estimate of drug-likeness (QED) is 0.655. The van der Waals surface area contributed by atoms with Crippen LogP contribution in [-0.4, -0.2) is 33.9 Å². The topological polar surface area (TPSA) is 83.4 Å². The van der Waals surface area contributed by atoms with Crippen LogP contribution >= 0.6 is 0 Å². The molecule has 8 heteroatoms. The molecule has 2 heterocycles. The zero-order chi connectivity index (χ0) is 18.0. The van der Waals surface area contributed by atoms with Gasteiger partial charge in [0.05, 0.1) is 5.69 Å². The zero-order valence-corrected chi connectivity index (χ0v) is 13.3. The standard InChI is InChI=1S/C17H15FN4O3/c1-21-7-6-11(9-21)8-14-16(24)22(17(25)20-14)10-15(23)19-13-5-3-2-4-12(13)18/h2-9H,10H2,1H3,(H,19,23)(H,20,25)/b14-8+.